The number of aromatic carboxylic acids is 2. The number of benzene rings is 1. The van der Waals surface area contributed by atoms with Crippen molar-refractivity contribution in [2.75, 3.05) is 0 Å². The molecule has 2 N–H and O–H groups in total. The predicted octanol–water partition coefficient (Wildman–Crippen LogP) is 1.03. The van der Waals surface area contributed by atoms with E-state index in [2.05, 4.69) is 10.2 Å². The Labute approximate surface area is 89.2 Å². The molecule has 0 fully saturated rings. The maximum Gasteiger partial charge on any atom is 0.356 e. The average molecular weight is 218 g/mol. The van der Waals surface area contributed by atoms with E-state index in [4.69, 9.17) is 10.2 Å². The van der Waals surface area contributed by atoms with Crippen molar-refractivity contribution < 1.29 is 19.8 Å². The summed E-state index contributed by atoms with van der Waals surface area (Å²) in [7, 11) is 0. The van der Waals surface area contributed by atoms with Crippen LogP contribution in [0.15, 0.2) is 24.3 Å². The SMILES string of the molecule is O=C(O)c1cc2cccc(C(=O)O)c2nn1. The zero-order valence-corrected chi connectivity index (χ0v) is 7.91. The van der Waals surface area contributed by atoms with Crippen molar-refractivity contribution in [1.29, 1.82) is 0 Å². The first-order valence-corrected chi connectivity index (χ1v) is 4.32. The van der Waals surface area contributed by atoms with Gasteiger partial charge in [0.15, 0.2) is 5.69 Å². The van der Waals surface area contributed by atoms with Gasteiger partial charge >= 0.3 is 11.9 Å². The molecule has 0 radical (unpaired) electrons. The highest BCUT2D eigenvalue weighted by molar-refractivity contribution is 6.02. The van der Waals surface area contributed by atoms with E-state index in [9.17, 15) is 9.59 Å². The Morgan fingerprint density at radius 3 is 2.44 bits per heavy atom. The summed E-state index contributed by atoms with van der Waals surface area (Å²) in [4.78, 5) is 21.5. The molecule has 0 unspecified atom stereocenters. The first-order valence-electron chi connectivity index (χ1n) is 4.32. The van der Waals surface area contributed by atoms with Crippen LogP contribution in [0.5, 0.6) is 0 Å². The Kier molecular flexibility index (Phi) is 2.24. The Hall–Kier alpha value is -2.50. The second kappa shape index (κ2) is 3.58. The largest absolute Gasteiger partial charge is 0.478 e. The molecule has 0 saturated carbocycles. The molecule has 2 aromatic rings. The van der Waals surface area contributed by atoms with Crippen LogP contribution in [0.25, 0.3) is 10.9 Å². The van der Waals surface area contributed by atoms with Crippen molar-refractivity contribution in [2.24, 2.45) is 0 Å². The smallest absolute Gasteiger partial charge is 0.356 e. The predicted molar refractivity (Wildman–Crippen MR) is 53.5 cm³/mol. The van der Waals surface area contributed by atoms with Crippen LogP contribution in [0.4, 0.5) is 0 Å². The topological polar surface area (TPSA) is 100 Å². The summed E-state index contributed by atoms with van der Waals surface area (Å²) >= 11 is 0. The second-order valence-electron chi connectivity index (χ2n) is 3.08. The lowest BCUT2D eigenvalue weighted by Crippen LogP contribution is -2.04. The summed E-state index contributed by atoms with van der Waals surface area (Å²) in [5, 5.41) is 25.1. The van der Waals surface area contributed by atoms with Crippen LogP contribution in [0, 0.1) is 0 Å². The summed E-state index contributed by atoms with van der Waals surface area (Å²) in [5.41, 5.74) is -0.0306. The number of hydrogen-bond donors (Lipinski definition) is 2. The van der Waals surface area contributed by atoms with Crippen molar-refractivity contribution in [2.45, 2.75) is 0 Å². The third-order valence-electron chi connectivity index (χ3n) is 2.07. The first-order chi connectivity index (χ1) is 7.59. The van der Waals surface area contributed by atoms with Gasteiger partial charge in [0.25, 0.3) is 0 Å². The van der Waals surface area contributed by atoms with Crippen molar-refractivity contribution >= 4 is 22.8 Å². The van der Waals surface area contributed by atoms with Crippen molar-refractivity contribution in [1.82, 2.24) is 10.2 Å². The average Bonchev–Trinajstić information content (AvgIpc) is 2.27. The monoisotopic (exact) mass is 218 g/mol. The zero-order valence-electron chi connectivity index (χ0n) is 7.91. The number of fused-ring (bicyclic) bond motifs is 1. The standard InChI is InChI=1S/C10H6N2O4/c13-9(14)6-3-1-2-5-4-7(10(15)16)11-12-8(5)6/h1-4H,(H,13,14)(H,15,16). The fraction of sp³-hybridized carbons (Fsp3) is 0. The molecule has 2 rings (SSSR count). The fourth-order valence-corrected chi connectivity index (χ4v) is 1.35. The number of carboxylic acid groups (broad SMARTS) is 2. The molecule has 16 heavy (non-hydrogen) atoms. The minimum atomic E-state index is -1.20. The zero-order chi connectivity index (χ0) is 11.7. The van der Waals surface area contributed by atoms with Gasteiger partial charge in [-0.05, 0) is 12.1 Å². The minimum Gasteiger partial charge on any atom is -0.478 e. The highest BCUT2D eigenvalue weighted by atomic mass is 16.4. The summed E-state index contributed by atoms with van der Waals surface area (Å²) in [6.45, 7) is 0. The molecule has 0 saturated heterocycles. The van der Waals surface area contributed by atoms with E-state index < -0.39 is 11.9 Å². The molecule has 0 aliphatic heterocycles. The molecule has 1 heterocycles. The van der Waals surface area contributed by atoms with Crippen LogP contribution in [-0.2, 0) is 0 Å². The van der Waals surface area contributed by atoms with Gasteiger partial charge in [-0.1, -0.05) is 12.1 Å². The molecule has 0 aliphatic rings. The fourth-order valence-electron chi connectivity index (χ4n) is 1.35. The molecule has 80 valence electrons. The second-order valence-corrected chi connectivity index (χ2v) is 3.08. The highest BCUT2D eigenvalue weighted by Crippen LogP contribution is 2.16. The lowest BCUT2D eigenvalue weighted by Gasteiger charge is -2.00. The van der Waals surface area contributed by atoms with Crippen LogP contribution in [0.1, 0.15) is 20.8 Å². The number of carbonyl (C=O) groups is 2. The van der Waals surface area contributed by atoms with Gasteiger partial charge in [-0.2, -0.15) is 0 Å². The van der Waals surface area contributed by atoms with Crippen LogP contribution >= 0.6 is 0 Å². The van der Waals surface area contributed by atoms with E-state index in [0.29, 0.717) is 5.39 Å². The summed E-state index contributed by atoms with van der Waals surface area (Å²) < 4.78 is 0. The van der Waals surface area contributed by atoms with Crippen LogP contribution in [-0.4, -0.2) is 32.3 Å². The molecule has 0 aliphatic carbocycles. The van der Waals surface area contributed by atoms with Gasteiger partial charge < -0.3 is 10.2 Å². The summed E-state index contributed by atoms with van der Waals surface area (Å²) in [6.07, 6.45) is 0. The van der Waals surface area contributed by atoms with E-state index in [0.717, 1.165) is 0 Å². The molecule has 0 bridgehead atoms. The summed E-state index contributed by atoms with van der Waals surface area (Å²) in [6, 6.07) is 5.79. The molecule has 0 amide bonds. The van der Waals surface area contributed by atoms with Gasteiger partial charge in [0, 0.05) is 5.39 Å². The van der Waals surface area contributed by atoms with Crippen molar-refractivity contribution in [3.05, 3.63) is 35.5 Å². The molecule has 6 nitrogen and oxygen atoms in total. The minimum absolute atomic E-state index is 0.00180. The van der Waals surface area contributed by atoms with Gasteiger partial charge in [-0.15, -0.1) is 10.2 Å². The van der Waals surface area contributed by atoms with E-state index in [-0.39, 0.29) is 16.8 Å². The lowest BCUT2D eigenvalue weighted by atomic mass is 10.1. The van der Waals surface area contributed by atoms with Gasteiger partial charge in [-0.3, -0.25) is 0 Å². The summed E-state index contributed by atoms with van der Waals surface area (Å²) in [5.74, 6) is -2.32. The quantitative estimate of drug-likeness (QED) is 0.780. The molecule has 0 atom stereocenters. The third-order valence-corrected chi connectivity index (χ3v) is 2.07. The van der Waals surface area contributed by atoms with E-state index in [1.54, 1.807) is 6.07 Å². The van der Waals surface area contributed by atoms with E-state index >= 15 is 0 Å². The van der Waals surface area contributed by atoms with Gasteiger partial charge in [-0.25, -0.2) is 9.59 Å². The molecule has 1 aromatic heterocycles. The number of carboxylic acids is 2. The molecular formula is C10H6N2O4. The number of hydrogen-bond acceptors (Lipinski definition) is 4. The lowest BCUT2D eigenvalue weighted by molar-refractivity contribution is 0.0684. The Morgan fingerprint density at radius 2 is 1.81 bits per heavy atom. The molecular weight excluding hydrogens is 212 g/mol. The maximum absolute atomic E-state index is 10.8. The first kappa shape index (κ1) is 10.0. The van der Waals surface area contributed by atoms with Crippen molar-refractivity contribution in [3.63, 3.8) is 0 Å². The number of rotatable bonds is 2. The van der Waals surface area contributed by atoms with Crippen LogP contribution < -0.4 is 0 Å². The molecule has 0 spiro atoms. The Balaban J connectivity index is 2.73. The van der Waals surface area contributed by atoms with Crippen LogP contribution in [0.2, 0.25) is 0 Å². The van der Waals surface area contributed by atoms with Crippen molar-refractivity contribution in [3.8, 4) is 0 Å². The number of aromatic nitrogens is 2. The highest BCUT2D eigenvalue weighted by Gasteiger charge is 2.12. The third kappa shape index (κ3) is 1.56. The normalized spacial score (nSPS) is 10.2. The number of nitrogens with zero attached hydrogens (tertiary/aromatic N) is 2. The maximum atomic E-state index is 10.8. The van der Waals surface area contributed by atoms with Gasteiger partial charge in [0.1, 0.15) is 5.52 Å². The van der Waals surface area contributed by atoms with Gasteiger partial charge in [0.2, 0.25) is 0 Å². The van der Waals surface area contributed by atoms with Crippen LogP contribution in [0.3, 0.4) is 0 Å². The Morgan fingerprint density at radius 1 is 1.06 bits per heavy atom. The van der Waals surface area contributed by atoms with Gasteiger partial charge in [0.05, 0.1) is 5.56 Å². The molecule has 6 heteroatoms. The molecule has 1 aromatic carbocycles. The van der Waals surface area contributed by atoms with E-state index in [1.165, 1.54) is 18.2 Å². The van der Waals surface area contributed by atoms with E-state index in [1.807, 2.05) is 0 Å². The Bertz CT molecular complexity index is 594.